The molecule has 0 atom stereocenters. The summed E-state index contributed by atoms with van der Waals surface area (Å²) in [6, 6.07) is 5.84. The van der Waals surface area contributed by atoms with E-state index in [1.54, 1.807) is 12.4 Å². The number of aromatic nitrogens is 1. The zero-order chi connectivity index (χ0) is 14.2. The van der Waals surface area contributed by atoms with Gasteiger partial charge < -0.3 is 0 Å². The molecule has 0 aliphatic carbocycles. The molecular formula is C16H26N2. The average molecular weight is 246 g/mol. The lowest BCUT2D eigenvalue weighted by Gasteiger charge is -1.97. The van der Waals surface area contributed by atoms with Crippen LogP contribution in [0.2, 0.25) is 0 Å². The minimum Gasteiger partial charge on any atom is -0.264 e. The Morgan fingerprint density at radius 2 is 1.78 bits per heavy atom. The lowest BCUT2D eigenvalue weighted by Crippen LogP contribution is -1.88. The molecule has 1 aromatic heterocycles. The van der Waals surface area contributed by atoms with E-state index in [0.717, 1.165) is 11.3 Å². The Balaban J connectivity index is 0. The minimum atomic E-state index is 0.947. The Bertz CT molecular complexity index is 349. The quantitative estimate of drug-likeness (QED) is 0.678. The predicted molar refractivity (Wildman–Crippen MR) is 83.9 cm³/mol. The van der Waals surface area contributed by atoms with Crippen LogP contribution in [0.25, 0.3) is 5.57 Å². The number of hydrogen-bond donors (Lipinski definition) is 0. The largest absolute Gasteiger partial charge is 0.264 e. The van der Waals surface area contributed by atoms with Gasteiger partial charge in [-0.3, -0.25) is 9.98 Å². The van der Waals surface area contributed by atoms with Crippen LogP contribution in [0.4, 0.5) is 0 Å². The van der Waals surface area contributed by atoms with Gasteiger partial charge in [0.25, 0.3) is 0 Å². The van der Waals surface area contributed by atoms with Gasteiger partial charge in [-0.15, -0.1) is 0 Å². The number of hydrogen-bond acceptors (Lipinski definition) is 2. The van der Waals surface area contributed by atoms with E-state index in [4.69, 9.17) is 0 Å². The number of nitrogens with zero attached hydrogens (tertiary/aromatic N) is 2. The van der Waals surface area contributed by atoms with Crippen molar-refractivity contribution in [1.29, 1.82) is 0 Å². The van der Waals surface area contributed by atoms with Gasteiger partial charge in [-0.1, -0.05) is 45.9 Å². The fraction of sp³-hybridized carbons (Fsp3) is 0.375. The summed E-state index contributed by atoms with van der Waals surface area (Å²) in [7, 11) is 0. The van der Waals surface area contributed by atoms with Crippen LogP contribution in [0.5, 0.6) is 0 Å². The molecular weight excluding hydrogens is 220 g/mol. The molecule has 1 heterocycles. The van der Waals surface area contributed by atoms with Crippen molar-refractivity contribution in [1.82, 2.24) is 4.98 Å². The highest BCUT2D eigenvalue weighted by Crippen LogP contribution is 2.07. The summed E-state index contributed by atoms with van der Waals surface area (Å²) in [6.07, 6.45) is 9.23. The van der Waals surface area contributed by atoms with Crippen LogP contribution in [-0.4, -0.2) is 11.2 Å². The Hall–Kier alpha value is -1.70. The summed E-state index contributed by atoms with van der Waals surface area (Å²) in [5, 5.41) is 0. The zero-order valence-corrected chi connectivity index (χ0v) is 12.5. The van der Waals surface area contributed by atoms with E-state index in [-0.39, 0.29) is 0 Å². The monoisotopic (exact) mass is 246 g/mol. The first-order valence-electron chi connectivity index (χ1n) is 6.60. The van der Waals surface area contributed by atoms with Gasteiger partial charge in [-0.25, -0.2) is 0 Å². The molecule has 0 saturated heterocycles. The summed E-state index contributed by atoms with van der Waals surface area (Å²) in [5.41, 5.74) is 1.98. The average Bonchev–Trinajstić information content (AvgIpc) is 2.49. The van der Waals surface area contributed by atoms with Crippen molar-refractivity contribution in [2.45, 2.75) is 41.5 Å². The molecule has 1 aromatic rings. The molecule has 0 aromatic carbocycles. The maximum absolute atomic E-state index is 4.25. The molecule has 0 unspecified atom stereocenters. The van der Waals surface area contributed by atoms with Crippen LogP contribution in [0, 0.1) is 0 Å². The van der Waals surface area contributed by atoms with Gasteiger partial charge >= 0.3 is 0 Å². The minimum absolute atomic E-state index is 0.947. The van der Waals surface area contributed by atoms with Crippen LogP contribution >= 0.6 is 0 Å². The molecule has 2 heteroatoms. The summed E-state index contributed by atoms with van der Waals surface area (Å²) < 4.78 is 0. The van der Waals surface area contributed by atoms with Crippen LogP contribution < -0.4 is 0 Å². The van der Waals surface area contributed by atoms with Gasteiger partial charge in [0.05, 0.1) is 5.69 Å². The molecule has 0 spiro atoms. The van der Waals surface area contributed by atoms with E-state index in [2.05, 4.69) is 9.98 Å². The molecule has 0 saturated carbocycles. The lowest BCUT2D eigenvalue weighted by molar-refractivity contribution is 1.28. The molecule has 0 amide bonds. The van der Waals surface area contributed by atoms with Crippen molar-refractivity contribution in [2.75, 3.05) is 0 Å². The molecule has 0 fully saturated rings. The Kier molecular flexibility index (Phi) is 15.9. The molecule has 0 N–H and O–H groups in total. The summed E-state index contributed by atoms with van der Waals surface area (Å²) >= 11 is 0. The van der Waals surface area contributed by atoms with E-state index in [9.17, 15) is 0 Å². The third-order valence-electron chi connectivity index (χ3n) is 1.72. The Morgan fingerprint density at radius 3 is 2.22 bits per heavy atom. The molecule has 0 aliphatic rings. The number of pyridine rings is 1. The van der Waals surface area contributed by atoms with Crippen LogP contribution in [0.1, 0.15) is 47.2 Å². The molecule has 0 radical (unpaired) electrons. The highest BCUT2D eigenvalue weighted by molar-refractivity contribution is 6.09. The predicted octanol–water partition coefficient (Wildman–Crippen LogP) is 5.14. The van der Waals surface area contributed by atoms with Crippen molar-refractivity contribution in [3.8, 4) is 0 Å². The maximum atomic E-state index is 4.25. The molecule has 1 rings (SSSR count). The van der Waals surface area contributed by atoms with Gasteiger partial charge in [0.2, 0.25) is 0 Å². The molecule has 0 aliphatic heterocycles. The summed E-state index contributed by atoms with van der Waals surface area (Å²) in [6.45, 7) is 11.9. The number of allylic oxidation sites excluding steroid dienone is 3. The van der Waals surface area contributed by atoms with Gasteiger partial charge in [0, 0.05) is 24.2 Å². The van der Waals surface area contributed by atoms with Crippen LogP contribution in [0.3, 0.4) is 0 Å². The van der Waals surface area contributed by atoms with Crippen molar-refractivity contribution < 1.29 is 0 Å². The fourth-order valence-corrected chi connectivity index (χ4v) is 1.03. The van der Waals surface area contributed by atoms with Crippen molar-refractivity contribution in [3.63, 3.8) is 0 Å². The molecule has 18 heavy (non-hydrogen) atoms. The number of rotatable bonds is 3. The SMILES string of the molecule is CC.CC.C\C=C/N=C\C(=C/C)c1ccccn1. The van der Waals surface area contributed by atoms with E-state index in [1.807, 2.05) is 78.1 Å². The van der Waals surface area contributed by atoms with E-state index < -0.39 is 0 Å². The maximum Gasteiger partial charge on any atom is 0.0714 e. The van der Waals surface area contributed by atoms with Gasteiger partial charge in [-0.2, -0.15) is 0 Å². The Morgan fingerprint density at radius 1 is 1.11 bits per heavy atom. The normalized spacial score (nSPS) is 10.7. The second-order valence-electron chi connectivity index (χ2n) is 2.72. The van der Waals surface area contributed by atoms with Crippen LogP contribution in [0.15, 0.2) is 47.7 Å². The standard InChI is InChI=1S/C12H14N2.2C2H6/c1-3-8-13-10-11(4-2)12-7-5-6-9-14-12;2*1-2/h3-10H,1-2H3;2*1-2H3/b8-3-,11-4+,13-10-;;. The molecule has 2 nitrogen and oxygen atoms in total. The highest BCUT2D eigenvalue weighted by Gasteiger charge is 1.95. The molecule has 100 valence electrons. The first-order valence-corrected chi connectivity index (χ1v) is 6.60. The molecule has 0 bridgehead atoms. The third kappa shape index (κ3) is 8.45. The summed E-state index contributed by atoms with van der Waals surface area (Å²) in [4.78, 5) is 8.37. The van der Waals surface area contributed by atoms with Gasteiger partial charge in [0.1, 0.15) is 0 Å². The van der Waals surface area contributed by atoms with Crippen LogP contribution in [-0.2, 0) is 0 Å². The highest BCUT2D eigenvalue weighted by atomic mass is 14.7. The second kappa shape index (κ2) is 15.3. The fourth-order valence-electron chi connectivity index (χ4n) is 1.03. The summed E-state index contributed by atoms with van der Waals surface area (Å²) in [5.74, 6) is 0. The van der Waals surface area contributed by atoms with E-state index in [1.165, 1.54) is 0 Å². The van der Waals surface area contributed by atoms with Crippen molar-refractivity contribution in [2.24, 2.45) is 4.99 Å². The van der Waals surface area contributed by atoms with Gasteiger partial charge in [0.15, 0.2) is 0 Å². The van der Waals surface area contributed by atoms with Crippen molar-refractivity contribution in [3.05, 3.63) is 48.4 Å². The Labute approximate surface area is 112 Å². The number of aliphatic imine (C=N–C) groups is 1. The first-order chi connectivity index (χ1) is 8.88. The second-order valence-corrected chi connectivity index (χ2v) is 2.72. The first kappa shape index (κ1) is 18.7. The third-order valence-corrected chi connectivity index (χ3v) is 1.72. The van der Waals surface area contributed by atoms with E-state index >= 15 is 0 Å². The van der Waals surface area contributed by atoms with E-state index in [0.29, 0.717) is 0 Å². The van der Waals surface area contributed by atoms with Gasteiger partial charge in [-0.05, 0) is 26.0 Å². The topological polar surface area (TPSA) is 25.2 Å². The van der Waals surface area contributed by atoms with Crippen molar-refractivity contribution >= 4 is 11.8 Å². The zero-order valence-electron chi connectivity index (χ0n) is 12.5. The lowest BCUT2D eigenvalue weighted by atomic mass is 10.2. The smallest absolute Gasteiger partial charge is 0.0714 e.